The van der Waals surface area contributed by atoms with E-state index in [9.17, 15) is 9.59 Å². The quantitative estimate of drug-likeness (QED) is 0.658. The van der Waals surface area contributed by atoms with E-state index in [0.29, 0.717) is 50.7 Å². The third-order valence-electron chi connectivity index (χ3n) is 5.16. The van der Waals surface area contributed by atoms with E-state index in [4.69, 9.17) is 34.8 Å². The fourth-order valence-corrected chi connectivity index (χ4v) is 4.23. The van der Waals surface area contributed by atoms with Crippen LogP contribution in [0.5, 0.6) is 0 Å². The van der Waals surface area contributed by atoms with E-state index in [1.54, 1.807) is 42.5 Å². The molecule has 1 fully saturated rings. The molecule has 150 valence electrons. The minimum absolute atomic E-state index is 0.302. The SMILES string of the molecule is CN1CCN(C2=C(c3ccc(Cl)cc3Cl)C(=O)N(c3ccc(Cl)cc3)C2=O)CC1. The number of carbonyl (C=O) groups is 2. The number of halogens is 3. The van der Waals surface area contributed by atoms with E-state index in [1.165, 1.54) is 4.90 Å². The molecule has 4 rings (SSSR count). The maximum atomic E-state index is 13.4. The number of amides is 2. The molecule has 0 radical (unpaired) electrons. The van der Waals surface area contributed by atoms with Gasteiger partial charge in [-0.2, -0.15) is 0 Å². The molecule has 5 nitrogen and oxygen atoms in total. The molecule has 2 aliphatic heterocycles. The Kier molecular flexibility index (Phi) is 5.58. The molecule has 0 bridgehead atoms. The average Bonchev–Trinajstić information content (AvgIpc) is 2.94. The van der Waals surface area contributed by atoms with Gasteiger partial charge in [0.05, 0.1) is 16.3 Å². The van der Waals surface area contributed by atoms with E-state index in [2.05, 4.69) is 4.90 Å². The van der Waals surface area contributed by atoms with Gasteiger partial charge < -0.3 is 9.80 Å². The van der Waals surface area contributed by atoms with Crippen LogP contribution in [0.2, 0.25) is 15.1 Å². The lowest BCUT2D eigenvalue weighted by atomic mass is 10.0. The molecule has 0 atom stereocenters. The van der Waals surface area contributed by atoms with Crippen LogP contribution in [0.4, 0.5) is 5.69 Å². The Morgan fingerprint density at radius 2 is 1.41 bits per heavy atom. The Balaban J connectivity index is 1.83. The Labute approximate surface area is 184 Å². The van der Waals surface area contributed by atoms with Gasteiger partial charge >= 0.3 is 0 Å². The molecule has 2 aromatic rings. The molecule has 0 aromatic heterocycles. The fourth-order valence-electron chi connectivity index (χ4n) is 3.60. The summed E-state index contributed by atoms with van der Waals surface area (Å²) in [6, 6.07) is 11.6. The van der Waals surface area contributed by atoms with Crippen molar-refractivity contribution in [2.45, 2.75) is 0 Å². The molecular weight excluding hydrogens is 433 g/mol. The zero-order valence-corrected chi connectivity index (χ0v) is 17.9. The lowest BCUT2D eigenvalue weighted by molar-refractivity contribution is -0.120. The van der Waals surface area contributed by atoms with Crippen LogP contribution in [0.15, 0.2) is 48.2 Å². The van der Waals surface area contributed by atoms with Crippen molar-refractivity contribution in [3.8, 4) is 0 Å². The first-order chi connectivity index (χ1) is 13.9. The van der Waals surface area contributed by atoms with Gasteiger partial charge in [0.25, 0.3) is 11.8 Å². The summed E-state index contributed by atoms with van der Waals surface area (Å²) >= 11 is 18.4. The predicted molar refractivity (Wildman–Crippen MR) is 116 cm³/mol. The Morgan fingerprint density at radius 3 is 2.03 bits per heavy atom. The first kappa shape index (κ1) is 20.2. The third kappa shape index (κ3) is 3.76. The van der Waals surface area contributed by atoms with Crippen molar-refractivity contribution >= 4 is 57.9 Å². The molecular formula is C21H18Cl3N3O2. The smallest absolute Gasteiger partial charge is 0.282 e. The number of rotatable bonds is 3. The van der Waals surface area contributed by atoms with Gasteiger partial charge in [-0.15, -0.1) is 0 Å². The summed E-state index contributed by atoms with van der Waals surface area (Å²) in [5, 5.41) is 1.33. The van der Waals surface area contributed by atoms with Gasteiger partial charge in [0.1, 0.15) is 5.70 Å². The molecule has 2 aromatic carbocycles. The number of imide groups is 1. The normalized spacial score (nSPS) is 18.2. The zero-order valence-electron chi connectivity index (χ0n) is 15.7. The molecule has 2 amide bonds. The van der Waals surface area contributed by atoms with E-state index >= 15 is 0 Å². The van der Waals surface area contributed by atoms with Crippen molar-refractivity contribution in [2.75, 3.05) is 38.1 Å². The van der Waals surface area contributed by atoms with Crippen LogP contribution in [0.3, 0.4) is 0 Å². The first-order valence-electron chi connectivity index (χ1n) is 9.14. The zero-order chi connectivity index (χ0) is 20.7. The maximum Gasteiger partial charge on any atom is 0.282 e. The molecule has 0 aliphatic carbocycles. The Morgan fingerprint density at radius 1 is 0.793 bits per heavy atom. The summed E-state index contributed by atoms with van der Waals surface area (Å²) in [7, 11) is 2.03. The van der Waals surface area contributed by atoms with Crippen LogP contribution in [0, 0.1) is 0 Å². The molecule has 0 unspecified atom stereocenters. The average molecular weight is 451 g/mol. The van der Waals surface area contributed by atoms with Gasteiger partial charge in [-0.1, -0.05) is 40.9 Å². The summed E-state index contributed by atoms with van der Waals surface area (Å²) < 4.78 is 0. The molecule has 2 aliphatic rings. The summed E-state index contributed by atoms with van der Waals surface area (Å²) in [5.74, 6) is -0.765. The Hall–Kier alpha value is -2.05. The number of benzene rings is 2. The highest BCUT2D eigenvalue weighted by atomic mass is 35.5. The van der Waals surface area contributed by atoms with Gasteiger partial charge in [0.2, 0.25) is 0 Å². The molecule has 0 N–H and O–H groups in total. The third-order valence-corrected chi connectivity index (χ3v) is 5.96. The standard InChI is InChI=1S/C21H18Cl3N3O2/c1-25-8-10-26(11-9-25)19-18(16-7-4-14(23)12-17(16)24)20(28)27(21(19)29)15-5-2-13(22)3-6-15/h2-7,12H,8-11H2,1H3. The molecule has 29 heavy (non-hydrogen) atoms. The molecule has 2 heterocycles. The van der Waals surface area contributed by atoms with Crippen LogP contribution >= 0.6 is 34.8 Å². The minimum atomic E-state index is -0.407. The maximum absolute atomic E-state index is 13.4. The van der Waals surface area contributed by atoms with Gasteiger partial charge in [-0.25, -0.2) is 4.90 Å². The van der Waals surface area contributed by atoms with Gasteiger partial charge in [0, 0.05) is 41.8 Å². The second-order valence-corrected chi connectivity index (χ2v) is 8.34. The fraction of sp³-hybridized carbons (Fsp3) is 0.238. The number of piperazine rings is 1. The van der Waals surface area contributed by atoms with Crippen molar-refractivity contribution in [1.29, 1.82) is 0 Å². The number of hydrogen-bond donors (Lipinski definition) is 0. The predicted octanol–water partition coefficient (Wildman–Crippen LogP) is 4.18. The molecule has 1 saturated heterocycles. The topological polar surface area (TPSA) is 43.9 Å². The second-order valence-electron chi connectivity index (χ2n) is 7.06. The highest BCUT2D eigenvalue weighted by molar-refractivity contribution is 6.47. The van der Waals surface area contributed by atoms with E-state index in [1.807, 2.05) is 11.9 Å². The number of likely N-dealkylation sites (N-methyl/N-ethyl adjacent to an activating group) is 1. The Bertz CT molecular complexity index is 1010. The molecule has 0 spiro atoms. The largest absolute Gasteiger partial charge is 0.364 e. The lowest BCUT2D eigenvalue weighted by Crippen LogP contribution is -2.46. The van der Waals surface area contributed by atoms with E-state index in [0.717, 1.165) is 13.1 Å². The lowest BCUT2D eigenvalue weighted by Gasteiger charge is -2.34. The van der Waals surface area contributed by atoms with Gasteiger partial charge in [-0.3, -0.25) is 9.59 Å². The van der Waals surface area contributed by atoms with Crippen molar-refractivity contribution in [3.05, 3.63) is 68.8 Å². The highest BCUT2D eigenvalue weighted by Gasteiger charge is 2.43. The highest BCUT2D eigenvalue weighted by Crippen LogP contribution is 2.38. The van der Waals surface area contributed by atoms with Crippen molar-refractivity contribution in [2.24, 2.45) is 0 Å². The number of hydrogen-bond acceptors (Lipinski definition) is 4. The second kappa shape index (κ2) is 8.00. The van der Waals surface area contributed by atoms with Crippen molar-refractivity contribution < 1.29 is 9.59 Å². The van der Waals surface area contributed by atoms with Crippen LogP contribution in [0.1, 0.15) is 5.56 Å². The summed E-state index contributed by atoms with van der Waals surface area (Å²) in [5.41, 5.74) is 1.65. The van der Waals surface area contributed by atoms with Crippen LogP contribution < -0.4 is 4.90 Å². The number of anilines is 1. The van der Waals surface area contributed by atoms with Gasteiger partial charge in [0.15, 0.2) is 0 Å². The van der Waals surface area contributed by atoms with Crippen LogP contribution in [-0.4, -0.2) is 54.8 Å². The minimum Gasteiger partial charge on any atom is -0.364 e. The molecule has 0 saturated carbocycles. The van der Waals surface area contributed by atoms with Gasteiger partial charge in [-0.05, 0) is 43.4 Å². The van der Waals surface area contributed by atoms with Crippen molar-refractivity contribution in [3.63, 3.8) is 0 Å². The molecule has 8 heteroatoms. The summed E-state index contributed by atoms with van der Waals surface area (Å²) in [4.78, 5) is 32.2. The number of carbonyl (C=O) groups excluding carboxylic acids is 2. The summed E-state index contributed by atoms with van der Waals surface area (Å²) in [6.07, 6.45) is 0. The van der Waals surface area contributed by atoms with E-state index in [-0.39, 0.29) is 5.91 Å². The van der Waals surface area contributed by atoms with Crippen molar-refractivity contribution in [1.82, 2.24) is 9.80 Å². The van der Waals surface area contributed by atoms with Crippen LogP contribution in [-0.2, 0) is 9.59 Å². The monoisotopic (exact) mass is 449 g/mol. The number of nitrogens with zero attached hydrogens (tertiary/aromatic N) is 3. The van der Waals surface area contributed by atoms with Crippen LogP contribution in [0.25, 0.3) is 5.57 Å². The first-order valence-corrected chi connectivity index (χ1v) is 10.3. The summed E-state index contributed by atoms with van der Waals surface area (Å²) in [6.45, 7) is 2.89. The van der Waals surface area contributed by atoms with E-state index < -0.39 is 5.91 Å².